The summed E-state index contributed by atoms with van der Waals surface area (Å²) in [4.78, 5) is 19.6. The summed E-state index contributed by atoms with van der Waals surface area (Å²) in [6.07, 6.45) is 2.63. The first-order chi connectivity index (χ1) is 14.5. The van der Waals surface area contributed by atoms with Crippen LogP contribution in [0.5, 0.6) is 5.75 Å². The average molecular weight is 421 g/mol. The third-order valence-corrected chi connectivity index (χ3v) is 6.42. The Balaban J connectivity index is 1.38. The first-order valence-corrected chi connectivity index (χ1v) is 11.3. The molecule has 1 amide bonds. The van der Waals surface area contributed by atoms with Gasteiger partial charge >= 0.3 is 0 Å². The van der Waals surface area contributed by atoms with E-state index >= 15 is 0 Å². The van der Waals surface area contributed by atoms with Crippen LogP contribution in [-0.4, -0.2) is 21.8 Å². The fourth-order valence-corrected chi connectivity index (χ4v) is 4.33. The molecule has 0 spiro atoms. The molecule has 0 unspecified atom stereocenters. The molecule has 1 saturated carbocycles. The molecule has 4 rings (SSSR count). The number of nitrogens with zero attached hydrogens (tertiary/aromatic N) is 2. The monoisotopic (exact) mass is 420 g/mol. The average Bonchev–Trinajstić information content (AvgIpc) is 3.47. The van der Waals surface area contributed by atoms with Crippen LogP contribution in [0.1, 0.15) is 45.8 Å². The Bertz CT molecular complexity index is 1020. The lowest BCUT2D eigenvalue weighted by atomic mass is 10.1. The minimum Gasteiger partial charge on any atom is -0.486 e. The van der Waals surface area contributed by atoms with Gasteiger partial charge in [-0.05, 0) is 61.9 Å². The van der Waals surface area contributed by atoms with Gasteiger partial charge in [0, 0.05) is 11.4 Å². The Morgan fingerprint density at radius 2 is 1.93 bits per heavy atom. The van der Waals surface area contributed by atoms with E-state index in [1.165, 1.54) is 16.7 Å². The third kappa shape index (κ3) is 5.08. The number of hydrogen-bond donors (Lipinski definition) is 0. The van der Waals surface area contributed by atoms with E-state index in [9.17, 15) is 4.79 Å². The molecule has 3 aromatic rings. The van der Waals surface area contributed by atoms with Crippen LogP contribution in [-0.2, 0) is 24.4 Å². The van der Waals surface area contributed by atoms with Gasteiger partial charge < -0.3 is 9.64 Å². The standard InChI is InChI=1S/C25H28N2O2S/c1-17-11-18(2)19(3)23(12-17)29-15-24-26-21(16-30-24)14-27(22-9-10-22)25(28)13-20-7-5-4-6-8-20/h4-8,11-12,16,22H,9-10,13-15H2,1-3H3. The molecule has 1 aliphatic rings. The SMILES string of the molecule is Cc1cc(C)c(C)c(OCc2nc(CN(C(=O)Cc3ccccc3)C3CC3)cs2)c1. The fraction of sp³-hybridized carbons (Fsp3) is 0.360. The lowest BCUT2D eigenvalue weighted by molar-refractivity contribution is -0.131. The van der Waals surface area contributed by atoms with E-state index < -0.39 is 0 Å². The van der Waals surface area contributed by atoms with Gasteiger partial charge in [0.1, 0.15) is 17.4 Å². The summed E-state index contributed by atoms with van der Waals surface area (Å²) in [5.41, 5.74) is 5.61. The largest absolute Gasteiger partial charge is 0.486 e. The minimum atomic E-state index is 0.181. The number of carbonyl (C=O) groups is 1. The van der Waals surface area contributed by atoms with Gasteiger partial charge in [-0.2, -0.15) is 0 Å². The van der Waals surface area contributed by atoms with Crippen molar-refractivity contribution in [3.05, 3.63) is 80.8 Å². The van der Waals surface area contributed by atoms with Crippen molar-refractivity contribution in [2.24, 2.45) is 0 Å². The predicted molar refractivity (Wildman–Crippen MR) is 121 cm³/mol. The number of ether oxygens (including phenoxy) is 1. The Kier molecular flexibility index (Phi) is 6.18. The summed E-state index contributed by atoms with van der Waals surface area (Å²) < 4.78 is 6.06. The number of aromatic nitrogens is 1. The molecule has 0 saturated heterocycles. The normalized spacial score (nSPS) is 13.3. The number of amides is 1. The van der Waals surface area contributed by atoms with Gasteiger partial charge in [-0.25, -0.2) is 4.98 Å². The molecule has 156 valence electrons. The Morgan fingerprint density at radius 3 is 2.67 bits per heavy atom. The van der Waals surface area contributed by atoms with Crippen molar-refractivity contribution in [3.8, 4) is 5.75 Å². The van der Waals surface area contributed by atoms with Gasteiger partial charge in [-0.1, -0.05) is 36.4 Å². The molecule has 0 aliphatic heterocycles. The molecule has 30 heavy (non-hydrogen) atoms. The molecular formula is C25H28N2O2S. The molecule has 0 atom stereocenters. The van der Waals surface area contributed by atoms with Gasteiger partial charge in [0.15, 0.2) is 0 Å². The number of thiazole rings is 1. The molecule has 1 fully saturated rings. The van der Waals surface area contributed by atoms with Crippen LogP contribution >= 0.6 is 11.3 Å². The lowest BCUT2D eigenvalue weighted by Gasteiger charge is -2.21. The van der Waals surface area contributed by atoms with Gasteiger partial charge in [0.05, 0.1) is 18.7 Å². The van der Waals surface area contributed by atoms with Crippen LogP contribution in [0, 0.1) is 20.8 Å². The van der Waals surface area contributed by atoms with Crippen LogP contribution in [0.3, 0.4) is 0 Å². The summed E-state index contributed by atoms with van der Waals surface area (Å²) in [6, 6.07) is 14.6. The maximum Gasteiger partial charge on any atom is 0.227 e. The fourth-order valence-electron chi connectivity index (χ4n) is 3.63. The van der Waals surface area contributed by atoms with Gasteiger partial charge in [-0.15, -0.1) is 11.3 Å². The van der Waals surface area contributed by atoms with Crippen molar-refractivity contribution in [2.75, 3.05) is 0 Å². The maximum atomic E-state index is 12.9. The van der Waals surface area contributed by atoms with Crippen molar-refractivity contribution in [2.45, 2.75) is 59.2 Å². The number of benzene rings is 2. The lowest BCUT2D eigenvalue weighted by Crippen LogP contribution is -2.33. The second-order valence-electron chi connectivity index (χ2n) is 8.14. The van der Waals surface area contributed by atoms with Gasteiger partial charge in [0.2, 0.25) is 5.91 Å². The molecule has 4 nitrogen and oxygen atoms in total. The Labute approximate surface area is 182 Å². The summed E-state index contributed by atoms with van der Waals surface area (Å²) in [5.74, 6) is 1.10. The van der Waals surface area contributed by atoms with E-state index in [1.54, 1.807) is 11.3 Å². The number of aryl methyl sites for hydroxylation is 2. The van der Waals surface area contributed by atoms with E-state index in [4.69, 9.17) is 9.72 Å². The van der Waals surface area contributed by atoms with Crippen molar-refractivity contribution >= 4 is 17.2 Å². The molecular weight excluding hydrogens is 392 g/mol. The zero-order chi connectivity index (χ0) is 21.1. The maximum absolute atomic E-state index is 12.9. The molecule has 1 heterocycles. The summed E-state index contributed by atoms with van der Waals surface area (Å²) >= 11 is 1.60. The summed E-state index contributed by atoms with van der Waals surface area (Å²) in [5, 5.41) is 2.99. The second-order valence-corrected chi connectivity index (χ2v) is 9.08. The zero-order valence-electron chi connectivity index (χ0n) is 17.9. The molecule has 0 radical (unpaired) electrons. The van der Waals surface area contributed by atoms with Crippen molar-refractivity contribution in [1.29, 1.82) is 0 Å². The van der Waals surface area contributed by atoms with E-state index in [0.29, 0.717) is 25.6 Å². The topological polar surface area (TPSA) is 42.4 Å². The van der Waals surface area contributed by atoms with Gasteiger partial charge in [0.25, 0.3) is 0 Å². The van der Waals surface area contributed by atoms with Crippen LogP contribution in [0.25, 0.3) is 0 Å². The number of rotatable bonds is 8. The van der Waals surface area contributed by atoms with E-state index in [0.717, 1.165) is 34.9 Å². The van der Waals surface area contributed by atoms with Crippen LogP contribution in [0.4, 0.5) is 0 Å². The summed E-state index contributed by atoms with van der Waals surface area (Å²) in [6.45, 7) is 7.31. The van der Waals surface area contributed by atoms with E-state index in [-0.39, 0.29) is 5.91 Å². The van der Waals surface area contributed by atoms with Crippen molar-refractivity contribution in [1.82, 2.24) is 9.88 Å². The highest BCUT2D eigenvalue weighted by molar-refractivity contribution is 7.09. The van der Waals surface area contributed by atoms with Crippen LogP contribution < -0.4 is 4.74 Å². The molecule has 0 N–H and O–H groups in total. The highest BCUT2D eigenvalue weighted by atomic mass is 32.1. The number of hydrogen-bond acceptors (Lipinski definition) is 4. The Morgan fingerprint density at radius 1 is 1.17 bits per heavy atom. The quantitative estimate of drug-likeness (QED) is 0.491. The van der Waals surface area contributed by atoms with E-state index in [1.807, 2.05) is 35.2 Å². The van der Waals surface area contributed by atoms with Crippen molar-refractivity contribution in [3.63, 3.8) is 0 Å². The van der Waals surface area contributed by atoms with Crippen LogP contribution in [0.15, 0.2) is 47.8 Å². The first kappa shape index (κ1) is 20.6. The molecule has 5 heteroatoms. The Hall–Kier alpha value is -2.66. The summed E-state index contributed by atoms with van der Waals surface area (Å²) in [7, 11) is 0. The zero-order valence-corrected chi connectivity index (χ0v) is 18.7. The molecule has 1 aromatic heterocycles. The highest BCUT2D eigenvalue weighted by Crippen LogP contribution is 2.30. The van der Waals surface area contributed by atoms with E-state index in [2.05, 4.69) is 38.3 Å². The molecule has 0 bridgehead atoms. The molecule has 1 aliphatic carbocycles. The second kappa shape index (κ2) is 9.00. The predicted octanol–water partition coefficient (Wildman–Crippen LogP) is 5.38. The molecule has 2 aromatic carbocycles. The van der Waals surface area contributed by atoms with Crippen molar-refractivity contribution < 1.29 is 9.53 Å². The first-order valence-electron chi connectivity index (χ1n) is 10.5. The smallest absolute Gasteiger partial charge is 0.227 e. The van der Waals surface area contributed by atoms with Crippen LogP contribution in [0.2, 0.25) is 0 Å². The minimum absolute atomic E-state index is 0.181. The third-order valence-electron chi connectivity index (χ3n) is 5.55. The van der Waals surface area contributed by atoms with Gasteiger partial charge in [-0.3, -0.25) is 4.79 Å². The highest BCUT2D eigenvalue weighted by Gasteiger charge is 2.32. The number of carbonyl (C=O) groups excluding carboxylic acids is 1.